The molecule has 0 aromatic rings. The summed E-state index contributed by atoms with van der Waals surface area (Å²) in [6, 6.07) is -1.53. The number of ether oxygens (including phenoxy) is 1. The zero-order valence-electron chi connectivity index (χ0n) is 10.5. The Kier molecular flexibility index (Phi) is 6.77. The zero-order valence-corrected chi connectivity index (χ0v) is 13.0. The van der Waals surface area contributed by atoms with Crippen LogP contribution < -0.4 is 4.72 Å². The van der Waals surface area contributed by atoms with Crippen LogP contribution in [0, 0.1) is 0 Å². The van der Waals surface area contributed by atoms with E-state index in [-0.39, 0.29) is 0 Å². The fourth-order valence-electron chi connectivity index (χ4n) is 1.70. The first-order valence-electron chi connectivity index (χ1n) is 5.35. The minimum absolute atomic E-state index is 0.457. The van der Waals surface area contributed by atoms with Crippen LogP contribution in [0.4, 0.5) is 0 Å². The van der Waals surface area contributed by atoms with Crippen molar-refractivity contribution >= 4 is 32.1 Å². The molecule has 1 saturated heterocycles. The van der Waals surface area contributed by atoms with Crippen molar-refractivity contribution < 1.29 is 52.9 Å². The smallest absolute Gasteiger partial charge is 0.366 e. The molecule has 3 unspecified atom stereocenters. The highest BCUT2D eigenvalue weighted by Gasteiger charge is 2.42. The van der Waals surface area contributed by atoms with Crippen molar-refractivity contribution in [3.05, 3.63) is 0 Å². The molecule has 1 fully saturated rings. The van der Waals surface area contributed by atoms with E-state index >= 15 is 0 Å². The summed E-state index contributed by atoms with van der Waals surface area (Å²) >= 11 is -2.68. The molecule has 22 heavy (non-hydrogen) atoms. The van der Waals surface area contributed by atoms with Gasteiger partial charge in [-0.15, -0.1) is 0 Å². The molecule has 0 amide bonds. The molecular formula is C6H13NO12S3. The van der Waals surface area contributed by atoms with Gasteiger partial charge in [-0.1, -0.05) is 0 Å². The Bertz CT molecular complexity index is 600. The van der Waals surface area contributed by atoms with Crippen LogP contribution in [0.3, 0.4) is 0 Å². The molecule has 0 aromatic carbocycles. The van der Waals surface area contributed by atoms with Crippen LogP contribution in [-0.2, 0) is 45.2 Å². The van der Waals surface area contributed by atoms with E-state index in [1.165, 1.54) is 0 Å². The summed E-state index contributed by atoms with van der Waals surface area (Å²) in [6.07, 6.45) is -5.19. The van der Waals surface area contributed by atoms with Crippen LogP contribution in [0.25, 0.3) is 0 Å². The third-order valence-corrected chi connectivity index (χ3v) is 3.82. The fourth-order valence-corrected chi connectivity index (χ4v) is 3.04. The first-order valence-corrected chi connectivity index (χ1v) is 9.19. The van der Waals surface area contributed by atoms with Crippen molar-refractivity contribution in [2.45, 2.75) is 31.0 Å². The number of rotatable bonds is 7. The second kappa shape index (κ2) is 7.53. The number of aliphatic hydroxyl groups is 1. The molecule has 132 valence electrons. The van der Waals surface area contributed by atoms with Gasteiger partial charge in [0, 0.05) is 6.42 Å². The second-order valence-corrected chi connectivity index (χ2v) is 6.92. The van der Waals surface area contributed by atoms with Gasteiger partial charge in [-0.25, -0.2) is 17.3 Å². The van der Waals surface area contributed by atoms with Gasteiger partial charge in [0.1, 0.15) is 12.1 Å². The normalized spacial score (nSPS) is 31.8. The van der Waals surface area contributed by atoms with Crippen LogP contribution in [0.15, 0.2) is 0 Å². The molecular weight excluding hydrogens is 374 g/mol. The predicted molar refractivity (Wildman–Crippen MR) is 67.1 cm³/mol. The van der Waals surface area contributed by atoms with Crippen molar-refractivity contribution in [3.63, 3.8) is 0 Å². The lowest BCUT2D eigenvalue weighted by molar-refractivity contribution is -0.205. The topological polar surface area (TPSA) is 206 Å². The highest BCUT2D eigenvalue weighted by molar-refractivity contribution is 7.81. The molecule has 1 aliphatic heterocycles. The molecule has 13 nitrogen and oxygen atoms in total. The molecule has 5 atom stereocenters. The predicted octanol–water partition coefficient (Wildman–Crippen LogP) is -2.80. The highest BCUT2D eigenvalue weighted by atomic mass is 32.3. The maximum absolute atomic E-state index is 10.7. The molecule has 0 aromatic heterocycles. The summed E-state index contributed by atoms with van der Waals surface area (Å²) in [7, 11) is -9.78. The Labute approximate surface area is 127 Å². The minimum Gasteiger partial charge on any atom is -0.366 e. The van der Waals surface area contributed by atoms with Crippen molar-refractivity contribution in [2.24, 2.45) is 0 Å². The Morgan fingerprint density at radius 2 is 1.82 bits per heavy atom. The van der Waals surface area contributed by atoms with E-state index in [0.29, 0.717) is 0 Å². The Balaban J connectivity index is 2.84. The molecule has 0 bridgehead atoms. The summed E-state index contributed by atoms with van der Waals surface area (Å²) in [5.41, 5.74) is 0. The summed E-state index contributed by atoms with van der Waals surface area (Å²) in [6.45, 7) is -0.795. The van der Waals surface area contributed by atoms with Crippen molar-refractivity contribution in [1.29, 1.82) is 0 Å². The van der Waals surface area contributed by atoms with E-state index in [9.17, 15) is 26.2 Å². The van der Waals surface area contributed by atoms with Crippen molar-refractivity contribution in [1.82, 2.24) is 4.72 Å². The third-order valence-electron chi connectivity index (χ3n) is 2.42. The van der Waals surface area contributed by atoms with Gasteiger partial charge in [0.2, 0.25) is 11.3 Å². The largest absolute Gasteiger partial charge is 0.397 e. The van der Waals surface area contributed by atoms with Crippen LogP contribution in [0.2, 0.25) is 0 Å². The van der Waals surface area contributed by atoms with Gasteiger partial charge < -0.3 is 9.84 Å². The summed E-state index contributed by atoms with van der Waals surface area (Å²) in [5.74, 6) is 0. The van der Waals surface area contributed by atoms with Gasteiger partial charge >= 0.3 is 20.8 Å². The lowest BCUT2D eigenvalue weighted by atomic mass is 10.0. The Morgan fingerprint density at radius 3 is 2.27 bits per heavy atom. The lowest BCUT2D eigenvalue weighted by Crippen LogP contribution is -2.57. The average molecular weight is 387 g/mol. The third kappa shape index (κ3) is 7.33. The summed E-state index contributed by atoms with van der Waals surface area (Å²) < 4.78 is 93.7. The number of aliphatic hydroxyl groups excluding tert-OH is 1. The van der Waals surface area contributed by atoms with E-state index in [1.54, 1.807) is 0 Å². The van der Waals surface area contributed by atoms with E-state index in [2.05, 4.69) is 8.37 Å². The van der Waals surface area contributed by atoms with Gasteiger partial charge in [0.05, 0.1) is 12.7 Å². The number of nitrogens with one attached hydrogen (secondary N) is 1. The maximum atomic E-state index is 10.7. The SMILES string of the molecule is O=S(O)NC1[C@H](O)OC(COS(=O)(=O)O)C[C@H]1OS(=O)(=O)O. The summed E-state index contributed by atoms with van der Waals surface area (Å²) in [4.78, 5) is 0. The monoisotopic (exact) mass is 387 g/mol. The second-order valence-electron chi connectivity index (χ2n) is 4.05. The molecule has 0 aliphatic carbocycles. The summed E-state index contributed by atoms with van der Waals surface area (Å²) in [5, 5.41) is 9.63. The number of hydrogen-bond donors (Lipinski definition) is 5. The van der Waals surface area contributed by atoms with Gasteiger partial charge in [-0.05, 0) is 0 Å². The van der Waals surface area contributed by atoms with Gasteiger partial charge in [-0.3, -0.25) is 13.7 Å². The van der Waals surface area contributed by atoms with Crippen molar-refractivity contribution in [3.8, 4) is 0 Å². The molecule has 0 radical (unpaired) electrons. The number of hydrogen-bond acceptors (Lipinski definition) is 9. The first kappa shape index (κ1) is 19.8. The molecule has 1 heterocycles. The van der Waals surface area contributed by atoms with Crippen LogP contribution in [0.1, 0.15) is 6.42 Å². The first-order chi connectivity index (χ1) is 9.87. The van der Waals surface area contributed by atoms with E-state index in [0.717, 1.165) is 0 Å². The average Bonchev–Trinajstić information content (AvgIpc) is 2.27. The standard InChI is InChI=1S/C6H13NO12S3/c8-6-5(7-20(9)10)4(19-22(14,15)16)1-3(18-6)2-17-21(11,12)13/h3-8H,1-2H2,(H,9,10)(H,11,12,13)(H,14,15,16)/t3?,4-,5?,6-/m1/s1. The molecule has 1 rings (SSSR count). The lowest BCUT2D eigenvalue weighted by Gasteiger charge is -2.37. The van der Waals surface area contributed by atoms with Gasteiger partial charge in [-0.2, -0.15) is 16.8 Å². The van der Waals surface area contributed by atoms with Gasteiger partial charge in [0.15, 0.2) is 6.29 Å². The van der Waals surface area contributed by atoms with Crippen LogP contribution in [0.5, 0.6) is 0 Å². The van der Waals surface area contributed by atoms with Crippen LogP contribution in [-0.4, -0.2) is 71.0 Å². The van der Waals surface area contributed by atoms with E-state index < -0.39 is 69.6 Å². The minimum atomic E-state index is -4.98. The van der Waals surface area contributed by atoms with E-state index in [4.69, 9.17) is 18.4 Å². The van der Waals surface area contributed by atoms with Gasteiger partial charge in [0.25, 0.3) is 0 Å². The Morgan fingerprint density at radius 1 is 1.23 bits per heavy atom. The highest BCUT2D eigenvalue weighted by Crippen LogP contribution is 2.23. The molecule has 16 heteroatoms. The molecule has 0 saturated carbocycles. The fraction of sp³-hybridized carbons (Fsp3) is 1.00. The zero-order chi connectivity index (χ0) is 17.1. The maximum Gasteiger partial charge on any atom is 0.397 e. The molecule has 5 N–H and O–H groups in total. The molecule has 1 aliphatic rings. The van der Waals surface area contributed by atoms with E-state index in [1.807, 2.05) is 4.72 Å². The molecule has 0 spiro atoms. The Hall–Kier alpha value is -0.270. The quantitative estimate of drug-likeness (QED) is 0.222. The van der Waals surface area contributed by atoms with Crippen LogP contribution >= 0.6 is 0 Å². The van der Waals surface area contributed by atoms with Crippen molar-refractivity contribution in [2.75, 3.05) is 6.61 Å².